The highest BCUT2D eigenvalue weighted by atomic mass is 79.9. The molecule has 128 valence electrons. The number of hydrogen-bond acceptors (Lipinski definition) is 6. The maximum absolute atomic E-state index is 13.3. The van der Waals surface area contributed by atoms with Gasteiger partial charge in [0.1, 0.15) is 35.7 Å². The van der Waals surface area contributed by atoms with Crippen molar-refractivity contribution in [2.75, 3.05) is 24.5 Å². The SMILES string of the molecule is N#CCNC(=O)c1cnc(N2CC(Oc3cc(F)ccc3Br)C2)cn1. The summed E-state index contributed by atoms with van der Waals surface area (Å²) in [5, 5.41) is 10.8. The molecule has 1 aliphatic rings. The number of anilines is 1. The van der Waals surface area contributed by atoms with Crippen molar-refractivity contribution in [3.8, 4) is 11.8 Å². The van der Waals surface area contributed by atoms with Crippen LogP contribution in [0.5, 0.6) is 5.75 Å². The molecule has 1 aromatic heterocycles. The number of nitriles is 1. The fraction of sp³-hybridized carbons (Fsp3) is 0.250. The van der Waals surface area contributed by atoms with E-state index in [0.29, 0.717) is 29.1 Å². The Morgan fingerprint density at radius 2 is 2.24 bits per heavy atom. The number of rotatable bonds is 5. The molecule has 3 rings (SSSR count). The maximum Gasteiger partial charge on any atom is 0.272 e. The zero-order chi connectivity index (χ0) is 17.8. The van der Waals surface area contributed by atoms with Crippen molar-refractivity contribution in [2.24, 2.45) is 0 Å². The van der Waals surface area contributed by atoms with Gasteiger partial charge in [0.05, 0.1) is 36.0 Å². The molecule has 0 unspecified atom stereocenters. The van der Waals surface area contributed by atoms with Crippen LogP contribution in [-0.2, 0) is 0 Å². The van der Waals surface area contributed by atoms with Crippen molar-refractivity contribution < 1.29 is 13.9 Å². The molecule has 0 spiro atoms. The molecule has 2 aromatic rings. The largest absolute Gasteiger partial charge is 0.485 e. The predicted molar refractivity (Wildman–Crippen MR) is 90.7 cm³/mol. The van der Waals surface area contributed by atoms with Crippen LogP contribution in [0, 0.1) is 17.1 Å². The van der Waals surface area contributed by atoms with Gasteiger partial charge in [-0.1, -0.05) is 0 Å². The molecule has 2 heterocycles. The number of hydrogen-bond donors (Lipinski definition) is 1. The molecule has 7 nitrogen and oxygen atoms in total. The molecule has 0 aliphatic carbocycles. The highest BCUT2D eigenvalue weighted by Gasteiger charge is 2.30. The van der Waals surface area contributed by atoms with Crippen LogP contribution >= 0.6 is 15.9 Å². The Labute approximate surface area is 151 Å². The van der Waals surface area contributed by atoms with Gasteiger partial charge in [-0.3, -0.25) is 4.79 Å². The first-order valence-corrected chi connectivity index (χ1v) is 8.20. The standard InChI is InChI=1S/C16H13BrFN5O2/c17-12-2-1-10(18)5-14(12)25-11-8-23(9-11)15-7-21-13(6-22-15)16(24)20-4-3-19/h1-2,5-7,11H,4,8-9H2,(H,20,24). The minimum absolute atomic E-state index is 0.0803. The predicted octanol–water partition coefficient (Wildman–Crippen LogP) is 1.90. The third-order valence-electron chi connectivity index (χ3n) is 3.56. The quantitative estimate of drug-likeness (QED) is 0.763. The van der Waals surface area contributed by atoms with E-state index in [4.69, 9.17) is 10.00 Å². The Kier molecular flexibility index (Phi) is 5.09. The van der Waals surface area contributed by atoms with Crippen LogP contribution in [-0.4, -0.2) is 41.6 Å². The van der Waals surface area contributed by atoms with Crippen molar-refractivity contribution in [3.05, 3.63) is 46.6 Å². The van der Waals surface area contributed by atoms with Crippen molar-refractivity contribution in [1.29, 1.82) is 5.26 Å². The van der Waals surface area contributed by atoms with Gasteiger partial charge < -0.3 is 15.0 Å². The smallest absolute Gasteiger partial charge is 0.272 e. The van der Waals surface area contributed by atoms with E-state index in [2.05, 4.69) is 31.2 Å². The number of carbonyl (C=O) groups is 1. The highest BCUT2D eigenvalue weighted by Crippen LogP contribution is 2.29. The topological polar surface area (TPSA) is 91.1 Å². The Hall–Kier alpha value is -2.73. The third-order valence-corrected chi connectivity index (χ3v) is 4.21. The van der Waals surface area contributed by atoms with Crippen LogP contribution in [0.2, 0.25) is 0 Å². The number of nitrogens with one attached hydrogen (secondary N) is 1. The van der Waals surface area contributed by atoms with Crippen molar-refractivity contribution in [2.45, 2.75) is 6.10 Å². The second-order valence-corrected chi connectivity index (χ2v) is 6.17. The van der Waals surface area contributed by atoms with Gasteiger partial charge in [-0.15, -0.1) is 0 Å². The average Bonchev–Trinajstić information content (AvgIpc) is 2.58. The first kappa shape index (κ1) is 17.1. The van der Waals surface area contributed by atoms with Gasteiger partial charge in [-0.2, -0.15) is 5.26 Å². The molecule has 9 heteroatoms. The number of carbonyl (C=O) groups excluding carboxylic acids is 1. The van der Waals surface area contributed by atoms with E-state index in [-0.39, 0.29) is 24.2 Å². The molecule has 1 saturated heterocycles. The van der Waals surface area contributed by atoms with E-state index in [1.807, 2.05) is 11.0 Å². The van der Waals surface area contributed by atoms with Gasteiger partial charge in [-0.25, -0.2) is 14.4 Å². The van der Waals surface area contributed by atoms with Crippen LogP contribution in [0.25, 0.3) is 0 Å². The molecular weight excluding hydrogens is 393 g/mol. The molecule has 0 radical (unpaired) electrons. The van der Waals surface area contributed by atoms with Crippen LogP contribution in [0.15, 0.2) is 35.1 Å². The summed E-state index contributed by atoms with van der Waals surface area (Å²) >= 11 is 3.33. The summed E-state index contributed by atoms with van der Waals surface area (Å²) in [5.41, 5.74) is 0.149. The lowest BCUT2D eigenvalue weighted by atomic mass is 10.1. The highest BCUT2D eigenvalue weighted by molar-refractivity contribution is 9.10. The summed E-state index contributed by atoms with van der Waals surface area (Å²) in [6.07, 6.45) is 2.77. The summed E-state index contributed by atoms with van der Waals surface area (Å²) in [7, 11) is 0. The van der Waals surface area contributed by atoms with Crippen molar-refractivity contribution in [1.82, 2.24) is 15.3 Å². The van der Waals surface area contributed by atoms with Gasteiger partial charge >= 0.3 is 0 Å². The van der Waals surface area contributed by atoms with Crippen LogP contribution in [0.3, 0.4) is 0 Å². The summed E-state index contributed by atoms with van der Waals surface area (Å²) in [6.45, 7) is 1.08. The van der Waals surface area contributed by atoms with Crippen molar-refractivity contribution >= 4 is 27.7 Å². The zero-order valence-electron chi connectivity index (χ0n) is 12.9. The molecule has 0 atom stereocenters. The van der Waals surface area contributed by atoms with Gasteiger partial charge in [0.25, 0.3) is 5.91 Å². The number of halogens is 2. The molecule has 1 fully saturated rings. The minimum Gasteiger partial charge on any atom is -0.485 e. The lowest BCUT2D eigenvalue weighted by Crippen LogP contribution is -2.54. The second kappa shape index (κ2) is 7.44. The van der Waals surface area contributed by atoms with Crippen molar-refractivity contribution in [3.63, 3.8) is 0 Å². The summed E-state index contributed by atoms with van der Waals surface area (Å²) in [5.74, 6) is 0.280. The average molecular weight is 406 g/mol. The summed E-state index contributed by atoms with van der Waals surface area (Å²) < 4.78 is 19.7. The molecular formula is C16H13BrFN5O2. The molecule has 1 aromatic carbocycles. The van der Waals surface area contributed by atoms with Gasteiger partial charge in [0.15, 0.2) is 0 Å². The Bertz CT molecular complexity index is 818. The molecule has 25 heavy (non-hydrogen) atoms. The van der Waals surface area contributed by atoms with Gasteiger partial charge in [0, 0.05) is 6.07 Å². The second-order valence-electron chi connectivity index (χ2n) is 5.32. The van der Waals surface area contributed by atoms with Crippen LogP contribution < -0.4 is 15.0 Å². The monoisotopic (exact) mass is 405 g/mol. The number of ether oxygens (including phenoxy) is 1. The van der Waals surface area contributed by atoms with E-state index in [9.17, 15) is 9.18 Å². The minimum atomic E-state index is -0.443. The first-order chi connectivity index (χ1) is 12.1. The number of benzene rings is 1. The van der Waals surface area contributed by atoms with Crippen LogP contribution in [0.4, 0.5) is 10.2 Å². The Morgan fingerprint density at radius 1 is 1.44 bits per heavy atom. The molecule has 0 bridgehead atoms. The van der Waals surface area contributed by atoms with E-state index in [1.165, 1.54) is 24.5 Å². The van der Waals surface area contributed by atoms with Crippen LogP contribution in [0.1, 0.15) is 10.5 Å². The normalized spacial score (nSPS) is 13.7. The lowest BCUT2D eigenvalue weighted by Gasteiger charge is -2.39. The van der Waals surface area contributed by atoms with E-state index >= 15 is 0 Å². The summed E-state index contributed by atoms with van der Waals surface area (Å²) in [4.78, 5) is 21.8. The van der Waals surface area contributed by atoms with E-state index in [0.717, 1.165) is 0 Å². The fourth-order valence-electron chi connectivity index (χ4n) is 2.26. The number of nitrogens with zero attached hydrogens (tertiary/aromatic N) is 4. The van der Waals surface area contributed by atoms with E-state index in [1.54, 1.807) is 6.07 Å². The number of aromatic nitrogens is 2. The Morgan fingerprint density at radius 3 is 2.92 bits per heavy atom. The fourth-order valence-corrected chi connectivity index (χ4v) is 2.60. The molecule has 1 N–H and O–H groups in total. The molecule has 1 aliphatic heterocycles. The van der Waals surface area contributed by atoms with Gasteiger partial charge in [-0.05, 0) is 28.1 Å². The zero-order valence-corrected chi connectivity index (χ0v) is 14.5. The lowest BCUT2D eigenvalue weighted by molar-refractivity contribution is 0.0953. The first-order valence-electron chi connectivity index (χ1n) is 7.40. The number of amides is 1. The third kappa shape index (κ3) is 4.03. The maximum atomic E-state index is 13.3. The molecule has 1 amide bonds. The Balaban J connectivity index is 1.55. The molecule has 0 saturated carbocycles. The van der Waals surface area contributed by atoms with Gasteiger partial charge in [0.2, 0.25) is 0 Å². The summed E-state index contributed by atoms with van der Waals surface area (Å²) in [6, 6.07) is 6.11. The van der Waals surface area contributed by atoms with E-state index < -0.39 is 5.91 Å².